The van der Waals surface area contributed by atoms with Crippen LogP contribution < -0.4 is 4.74 Å². The van der Waals surface area contributed by atoms with Gasteiger partial charge in [0.2, 0.25) is 0 Å². The minimum atomic E-state index is -0.380. The summed E-state index contributed by atoms with van der Waals surface area (Å²) in [5, 5.41) is 0. The lowest BCUT2D eigenvalue weighted by Gasteiger charge is -2.42. The first-order chi connectivity index (χ1) is 12.2. The van der Waals surface area contributed by atoms with E-state index in [0.717, 1.165) is 28.0 Å². The molecule has 3 rings (SSSR count). The fourth-order valence-corrected chi connectivity index (χ4v) is 4.41. The zero-order chi connectivity index (χ0) is 19.2. The van der Waals surface area contributed by atoms with E-state index in [1.807, 2.05) is 26.8 Å². The molecule has 0 fully saturated rings. The number of carbonyl (C=O) groups excluding carboxylic acids is 2. The Morgan fingerprint density at radius 2 is 1.92 bits per heavy atom. The third-order valence-electron chi connectivity index (χ3n) is 6.18. The van der Waals surface area contributed by atoms with E-state index in [4.69, 9.17) is 9.47 Å². The van der Waals surface area contributed by atoms with Crippen LogP contribution >= 0.6 is 0 Å². The highest BCUT2D eigenvalue weighted by atomic mass is 16.5. The number of hydrogen-bond acceptors (Lipinski definition) is 4. The van der Waals surface area contributed by atoms with Crippen LogP contribution in [-0.4, -0.2) is 25.0 Å². The molecule has 0 aromatic heterocycles. The summed E-state index contributed by atoms with van der Waals surface area (Å²) in [6, 6.07) is 4.16. The summed E-state index contributed by atoms with van der Waals surface area (Å²) in [6.07, 6.45) is 2.43. The molecule has 4 atom stereocenters. The van der Waals surface area contributed by atoms with Crippen molar-refractivity contribution < 1.29 is 19.1 Å². The summed E-state index contributed by atoms with van der Waals surface area (Å²) in [7, 11) is 1.65. The van der Waals surface area contributed by atoms with Crippen LogP contribution in [0.3, 0.4) is 0 Å². The van der Waals surface area contributed by atoms with Crippen LogP contribution in [0.2, 0.25) is 0 Å². The zero-order valence-electron chi connectivity index (χ0n) is 16.5. The summed E-state index contributed by atoms with van der Waals surface area (Å²) >= 11 is 0. The zero-order valence-corrected chi connectivity index (χ0v) is 16.5. The number of cyclic esters (lactones) is 1. The van der Waals surface area contributed by atoms with Crippen LogP contribution in [0.4, 0.5) is 0 Å². The topological polar surface area (TPSA) is 52.6 Å². The lowest BCUT2D eigenvalue weighted by molar-refractivity contribution is -0.148. The first-order valence-corrected chi connectivity index (χ1v) is 9.27. The number of esters is 1. The predicted molar refractivity (Wildman–Crippen MR) is 101 cm³/mol. The third-order valence-corrected chi connectivity index (χ3v) is 6.18. The Morgan fingerprint density at radius 1 is 1.23 bits per heavy atom. The molecule has 0 radical (unpaired) electrons. The quantitative estimate of drug-likeness (QED) is 0.760. The second kappa shape index (κ2) is 6.57. The highest BCUT2D eigenvalue weighted by Crippen LogP contribution is 2.48. The van der Waals surface area contributed by atoms with Crippen molar-refractivity contribution in [1.29, 1.82) is 0 Å². The molecule has 4 nitrogen and oxygen atoms in total. The van der Waals surface area contributed by atoms with Gasteiger partial charge in [0.05, 0.1) is 7.11 Å². The van der Waals surface area contributed by atoms with Crippen molar-refractivity contribution in [2.75, 3.05) is 7.11 Å². The van der Waals surface area contributed by atoms with Gasteiger partial charge in [0.1, 0.15) is 17.6 Å². The smallest absolute Gasteiger partial charge is 0.330 e. The monoisotopic (exact) mass is 356 g/mol. The molecule has 140 valence electrons. The maximum Gasteiger partial charge on any atom is 0.330 e. The molecule has 0 N–H and O–H groups in total. The van der Waals surface area contributed by atoms with Crippen LogP contribution in [0.25, 0.3) is 0 Å². The van der Waals surface area contributed by atoms with E-state index in [9.17, 15) is 9.59 Å². The van der Waals surface area contributed by atoms with Gasteiger partial charge in [-0.3, -0.25) is 4.79 Å². The van der Waals surface area contributed by atoms with Crippen molar-refractivity contribution in [3.63, 3.8) is 0 Å². The average molecular weight is 356 g/mol. The SMILES string of the molecule is COc1cc(C)cc2c1[C@@H](C)C(=O)CC2(C)C[C@H]1OC(=O)C=C(C)[C@@H]1C. The molecular formula is C22H28O4. The van der Waals surface area contributed by atoms with Crippen molar-refractivity contribution in [2.24, 2.45) is 5.92 Å². The van der Waals surface area contributed by atoms with Crippen LogP contribution in [0.5, 0.6) is 5.75 Å². The molecule has 1 aliphatic heterocycles. The molecule has 0 amide bonds. The molecule has 4 heteroatoms. The van der Waals surface area contributed by atoms with Crippen LogP contribution in [-0.2, 0) is 19.7 Å². The Morgan fingerprint density at radius 3 is 2.58 bits per heavy atom. The van der Waals surface area contributed by atoms with Gasteiger partial charge in [-0.25, -0.2) is 4.79 Å². The number of aryl methyl sites for hydroxylation is 1. The van der Waals surface area contributed by atoms with Crippen molar-refractivity contribution in [3.8, 4) is 5.75 Å². The Hall–Kier alpha value is -2.10. The molecule has 1 unspecified atom stereocenters. The summed E-state index contributed by atoms with van der Waals surface area (Å²) in [5.41, 5.74) is 3.90. The van der Waals surface area contributed by atoms with Gasteiger partial charge in [0, 0.05) is 35.3 Å². The Bertz CT molecular complexity index is 792. The number of ether oxygens (including phenoxy) is 2. The van der Waals surface area contributed by atoms with Crippen LogP contribution in [0, 0.1) is 12.8 Å². The number of hydrogen-bond donors (Lipinski definition) is 0. The molecule has 1 heterocycles. The normalized spacial score (nSPS) is 31.2. The maximum absolute atomic E-state index is 12.8. The predicted octanol–water partition coefficient (Wildman–Crippen LogP) is 4.24. The van der Waals surface area contributed by atoms with Crippen LogP contribution in [0.1, 0.15) is 63.1 Å². The standard InChI is InChI=1S/C22H28O4/c1-12-7-16-21(18(8-12)25-6)15(4)17(23)10-22(16,5)11-19-14(3)13(2)9-20(24)26-19/h7-9,14-15,19H,10-11H2,1-6H3/t14-,15-,19+,22?/m0/s1. The summed E-state index contributed by atoms with van der Waals surface area (Å²) in [4.78, 5) is 24.7. The number of benzene rings is 1. The minimum absolute atomic E-state index is 0.147. The molecule has 1 aromatic carbocycles. The highest BCUT2D eigenvalue weighted by Gasteiger charge is 2.44. The largest absolute Gasteiger partial charge is 0.496 e. The summed E-state index contributed by atoms with van der Waals surface area (Å²) in [5.74, 6) is 0.670. The van der Waals surface area contributed by atoms with Crippen molar-refractivity contribution in [2.45, 2.75) is 64.9 Å². The summed E-state index contributed by atoms with van der Waals surface area (Å²) < 4.78 is 11.2. The van der Waals surface area contributed by atoms with Gasteiger partial charge in [-0.2, -0.15) is 0 Å². The molecule has 0 bridgehead atoms. The molecule has 0 spiro atoms. The second-order valence-corrected chi connectivity index (χ2v) is 8.21. The molecular weight excluding hydrogens is 328 g/mol. The lowest BCUT2D eigenvalue weighted by Crippen LogP contribution is -2.41. The van der Waals surface area contributed by atoms with Crippen molar-refractivity contribution in [3.05, 3.63) is 40.5 Å². The van der Waals surface area contributed by atoms with E-state index in [1.54, 1.807) is 13.2 Å². The average Bonchev–Trinajstić information content (AvgIpc) is 2.56. The van der Waals surface area contributed by atoms with E-state index < -0.39 is 0 Å². The van der Waals surface area contributed by atoms with E-state index in [2.05, 4.69) is 19.9 Å². The van der Waals surface area contributed by atoms with Gasteiger partial charge in [0.15, 0.2) is 0 Å². The van der Waals surface area contributed by atoms with Gasteiger partial charge in [-0.1, -0.05) is 32.4 Å². The van der Waals surface area contributed by atoms with E-state index in [-0.39, 0.29) is 35.1 Å². The van der Waals surface area contributed by atoms with E-state index in [1.165, 1.54) is 0 Å². The first kappa shape index (κ1) is 18.7. The molecule has 0 saturated heterocycles. The Labute approximate surface area is 155 Å². The Kier molecular flexibility index (Phi) is 4.72. The molecule has 0 saturated carbocycles. The van der Waals surface area contributed by atoms with E-state index in [0.29, 0.717) is 12.8 Å². The van der Waals surface area contributed by atoms with Gasteiger partial charge in [0.25, 0.3) is 0 Å². The highest BCUT2D eigenvalue weighted by molar-refractivity contribution is 5.90. The van der Waals surface area contributed by atoms with Crippen LogP contribution in [0.15, 0.2) is 23.8 Å². The number of methoxy groups -OCH3 is 1. The molecule has 1 aliphatic carbocycles. The van der Waals surface area contributed by atoms with E-state index >= 15 is 0 Å². The number of ketones is 1. The lowest BCUT2D eigenvalue weighted by atomic mass is 9.63. The van der Waals surface area contributed by atoms with Gasteiger partial charge < -0.3 is 9.47 Å². The van der Waals surface area contributed by atoms with Crippen molar-refractivity contribution >= 4 is 11.8 Å². The van der Waals surface area contributed by atoms with Crippen molar-refractivity contribution in [1.82, 2.24) is 0 Å². The van der Waals surface area contributed by atoms with Gasteiger partial charge in [-0.05, 0) is 37.5 Å². The van der Waals surface area contributed by atoms with Gasteiger partial charge in [-0.15, -0.1) is 0 Å². The third kappa shape index (κ3) is 3.06. The second-order valence-electron chi connectivity index (χ2n) is 8.21. The number of fused-ring (bicyclic) bond motifs is 1. The maximum atomic E-state index is 12.8. The first-order valence-electron chi connectivity index (χ1n) is 9.27. The fourth-order valence-electron chi connectivity index (χ4n) is 4.41. The minimum Gasteiger partial charge on any atom is -0.496 e. The Balaban J connectivity index is 2.07. The number of Topliss-reactive ketones (excluding diaryl/α,β-unsaturated/α-hetero) is 1. The number of rotatable bonds is 3. The summed E-state index contributed by atoms with van der Waals surface area (Å²) in [6.45, 7) is 10.2. The number of carbonyl (C=O) groups is 2. The van der Waals surface area contributed by atoms with Gasteiger partial charge >= 0.3 is 5.97 Å². The molecule has 1 aromatic rings. The molecule has 2 aliphatic rings. The molecule has 26 heavy (non-hydrogen) atoms. The fraction of sp³-hybridized carbons (Fsp3) is 0.545.